The van der Waals surface area contributed by atoms with Crippen molar-refractivity contribution >= 4 is 0 Å². The Balaban J connectivity index is 2.08. The van der Waals surface area contributed by atoms with Gasteiger partial charge in [0, 0.05) is 24.4 Å². The van der Waals surface area contributed by atoms with Crippen molar-refractivity contribution in [2.45, 2.75) is 32.1 Å². The van der Waals surface area contributed by atoms with E-state index in [0.717, 1.165) is 19.3 Å². The molecule has 1 aliphatic rings. The molecule has 0 aliphatic heterocycles. The summed E-state index contributed by atoms with van der Waals surface area (Å²) in [4.78, 5) is 4.60. The van der Waals surface area contributed by atoms with E-state index in [1.807, 2.05) is 12.3 Å². The van der Waals surface area contributed by atoms with Gasteiger partial charge < -0.3 is 5.73 Å². The molecule has 2 heteroatoms. The molecule has 2 aromatic rings. The molecule has 1 aromatic carbocycles. The summed E-state index contributed by atoms with van der Waals surface area (Å²) < 4.78 is 0. The molecular weight excluding hydrogens is 232 g/mol. The molecule has 2 nitrogen and oxygen atoms in total. The monoisotopic (exact) mass is 252 g/mol. The predicted octanol–water partition coefficient (Wildman–Crippen LogP) is 2.77. The molecule has 0 saturated heterocycles. The van der Waals surface area contributed by atoms with Crippen LogP contribution in [-0.2, 0) is 19.3 Å². The molecule has 19 heavy (non-hydrogen) atoms. The number of hydrogen-bond donors (Lipinski definition) is 1. The second-order valence-corrected chi connectivity index (χ2v) is 5.40. The highest BCUT2D eigenvalue weighted by Crippen LogP contribution is 2.29. The van der Waals surface area contributed by atoms with Gasteiger partial charge in [-0.05, 0) is 54.5 Å². The van der Waals surface area contributed by atoms with Crippen molar-refractivity contribution in [3.63, 3.8) is 0 Å². The van der Waals surface area contributed by atoms with E-state index in [4.69, 9.17) is 5.73 Å². The van der Waals surface area contributed by atoms with Gasteiger partial charge in [-0.3, -0.25) is 4.98 Å². The molecule has 1 atom stereocenters. The van der Waals surface area contributed by atoms with Crippen molar-refractivity contribution in [3.8, 4) is 0 Å². The number of aryl methyl sites for hydroxylation is 3. The molecule has 0 unspecified atom stereocenters. The normalized spacial score (nSPS) is 18.1. The van der Waals surface area contributed by atoms with E-state index in [0.29, 0.717) is 12.5 Å². The largest absolute Gasteiger partial charge is 0.330 e. The zero-order valence-corrected chi connectivity index (χ0v) is 11.4. The first-order valence-corrected chi connectivity index (χ1v) is 7.01. The fraction of sp³-hybridized carbons (Fsp3) is 0.353. The molecule has 0 fully saturated rings. The molecule has 0 bridgehead atoms. The maximum absolute atomic E-state index is 6.01. The van der Waals surface area contributed by atoms with E-state index in [9.17, 15) is 0 Å². The Hall–Kier alpha value is -1.67. The predicted molar refractivity (Wildman–Crippen MR) is 78.3 cm³/mol. The van der Waals surface area contributed by atoms with Crippen molar-refractivity contribution in [1.82, 2.24) is 4.98 Å². The second kappa shape index (κ2) is 5.14. The summed E-state index contributed by atoms with van der Waals surface area (Å²) in [6.45, 7) is 2.87. The van der Waals surface area contributed by atoms with Crippen LogP contribution in [0.4, 0.5) is 0 Å². The Labute approximate surface area is 114 Å². The Bertz CT molecular complexity index is 590. The first-order valence-electron chi connectivity index (χ1n) is 7.01. The van der Waals surface area contributed by atoms with Crippen molar-refractivity contribution < 1.29 is 0 Å². The van der Waals surface area contributed by atoms with Gasteiger partial charge in [0.2, 0.25) is 0 Å². The molecule has 0 spiro atoms. The standard InChI is InChI=1S/C17H20N2/c1-12-4-2-5-13-7-8-14-6-3-9-19-17(14)15(11-18)10-16(12)13/h2-6,9,15H,7-8,10-11,18H2,1H3/t15-/m0/s1. The third-order valence-corrected chi connectivity index (χ3v) is 4.22. The van der Waals surface area contributed by atoms with Gasteiger partial charge in [0.1, 0.15) is 0 Å². The maximum Gasteiger partial charge on any atom is 0.0482 e. The van der Waals surface area contributed by atoms with E-state index >= 15 is 0 Å². The lowest BCUT2D eigenvalue weighted by molar-refractivity contribution is 0.643. The van der Waals surface area contributed by atoms with Gasteiger partial charge in [-0.2, -0.15) is 0 Å². The number of fused-ring (bicyclic) bond motifs is 2. The number of hydrogen-bond acceptors (Lipinski definition) is 2. The number of benzene rings is 1. The van der Waals surface area contributed by atoms with Gasteiger partial charge in [0.15, 0.2) is 0 Å². The fourth-order valence-electron chi connectivity index (χ4n) is 3.13. The summed E-state index contributed by atoms with van der Waals surface area (Å²) in [6, 6.07) is 10.9. The average molecular weight is 252 g/mol. The third kappa shape index (κ3) is 2.28. The Morgan fingerprint density at radius 1 is 1.16 bits per heavy atom. The molecule has 1 aliphatic carbocycles. The topological polar surface area (TPSA) is 38.9 Å². The molecule has 0 amide bonds. The van der Waals surface area contributed by atoms with Crippen LogP contribution >= 0.6 is 0 Å². The average Bonchev–Trinajstić information content (AvgIpc) is 2.42. The zero-order valence-electron chi connectivity index (χ0n) is 11.4. The van der Waals surface area contributed by atoms with Gasteiger partial charge in [0.05, 0.1) is 0 Å². The van der Waals surface area contributed by atoms with Crippen molar-refractivity contribution in [2.75, 3.05) is 6.54 Å². The summed E-state index contributed by atoms with van der Waals surface area (Å²) in [5, 5.41) is 0. The highest BCUT2D eigenvalue weighted by Gasteiger charge is 2.21. The molecule has 1 heterocycles. The molecule has 0 radical (unpaired) electrons. The molecule has 2 N–H and O–H groups in total. The van der Waals surface area contributed by atoms with Crippen LogP contribution in [0.3, 0.4) is 0 Å². The minimum absolute atomic E-state index is 0.344. The van der Waals surface area contributed by atoms with Gasteiger partial charge >= 0.3 is 0 Å². The number of rotatable bonds is 1. The van der Waals surface area contributed by atoms with E-state index in [1.165, 1.54) is 27.9 Å². The Kier molecular flexibility index (Phi) is 3.34. The van der Waals surface area contributed by atoms with Crippen LogP contribution in [-0.4, -0.2) is 11.5 Å². The number of nitrogens with zero attached hydrogens (tertiary/aromatic N) is 1. The first-order chi connectivity index (χ1) is 9.29. The van der Waals surface area contributed by atoms with Crippen LogP contribution in [0.15, 0.2) is 36.5 Å². The molecule has 0 saturated carbocycles. The summed E-state index contributed by atoms with van der Waals surface area (Å²) in [5.74, 6) is 0.344. The Morgan fingerprint density at radius 3 is 2.79 bits per heavy atom. The zero-order chi connectivity index (χ0) is 13.2. The van der Waals surface area contributed by atoms with Crippen molar-refractivity contribution in [3.05, 3.63) is 64.5 Å². The highest BCUT2D eigenvalue weighted by molar-refractivity contribution is 5.39. The van der Waals surface area contributed by atoms with Crippen LogP contribution in [0.25, 0.3) is 0 Å². The van der Waals surface area contributed by atoms with Crippen LogP contribution in [0.5, 0.6) is 0 Å². The lowest BCUT2D eigenvalue weighted by Gasteiger charge is -2.24. The summed E-state index contributed by atoms with van der Waals surface area (Å²) in [6.07, 6.45) is 5.08. The van der Waals surface area contributed by atoms with Crippen LogP contribution < -0.4 is 5.73 Å². The van der Waals surface area contributed by atoms with Crippen molar-refractivity contribution in [1.29, 1.82) is 0 Å². The lowest BCUT2D eigenvalue weighted by Crippen LogP contribution is -2.21. The molecule has 3 rings (SSSR count). The number of nitrogens with two attached hydrogens (primary N) is 1. The quantitative estimate of drug-likeness (QED) is 0.847. The smallest absolute Gasteiger partial charge is 0.0482 e. The summed E-state index contributed by atoms with van der Waals surface area (Å²) >= 11 is 0. The van der Waals surface area contributed by atoms with E-state index in [-0.39, 0.29) is 0 Å². The first kappa shape index (κ1) is 12.4. The van der Waals surface area contributed by atoms with Gasteiger partial charge in [-0.25, -0.2) is 0 Å². The molecular formula is C17H20N2. The fourth-order valence-corrected chi connectivity index (χ4v) is 3.13. The van der Waals surface area contributed by atoms with E-state index in [2.05, 4.69) is 36.2 Å². The highest BCUT2D eigenvalue weighted by atomic mass is 14.7. The van der Waals surface area contributed by atoms with Gasteiger partial charge in [-0.15, -0.1) is 0 Å². The maximum atomic E-state index is 6.01. The summed E-state index contributed by atoms with van der Waals surface area (Å²) in [5.41, 5.74) is 12.9. The van der Waals surface area contributed by atoms with Gasteiger partial charge in [-0.1, -0.05) is 24.3 Å². The number of aromatic nitrogens is 1. The second-order valence-electron chi connectivity index (χ2n) is 5.40. The number of pyridine rings is 1. The van der Waals surface area contributed by atoms with E-state index < -0.39 is 0 Å². The minimum Gasteiger partial charge on any atom is -0.330 e. The van der Waals surface area contributed by atoms with Gasteiger partial charge in [0.25, 0.3) is 0 Å². The lowest BCUT2D eigenvalue weighted by atomic mass is 9.83. The third-order valence-electron chi connectivity index (χ3n) is 4.22. The van der Waals surface area contributed by atoms with Crippen LogP contribution in [0, 0.1) is 6.92 Å². The SMILES string of the molecule is Cc1cccc2c1C[C@@H](CN)c1ncccc1CC2. The Morgan fingerprint density at radius 2 is 1.95 bits per heavy atom. The summed E-state index contributed by atoms with van der Waals surface area (Å²) in [7, 11) is 0. The minimum atomic E-state index is 0.344. The van der Waals surface area contributed by atoms with Crippen LogP contribution in [0.2, 0.25) is 0 Å². The molecule has 1 aromatic heterocycles. The molecule has 98 valence electrons. The van der Waals surface area contributed by atoms with Crippen molar-refractivity contribution in [2.24, 2.45) is 5.73 Å². The van der Waals surface area contributed by atoms with E-state index in [1.54, 1.807) is 0 Å². The van der Waals surface area contributed by atoms with Crippen LogP contribution in [0.1, 0.15) is 33.9 Å².